The first-order valence-electron chi connectivity index (χ1n) is 9.03. The Morgan fingerprint density at radius 2 is 1.81 bits per heavy atom. The highest BCUT2D eigenvalue weighted by atomic mass is 35.5. The number of nitrogens with one attached hydrogen (secondary N) is 2. The van der Waals surface area contributed by atoms with Gasteiger partial charge in [0.05, 0.1) is 12.0 Å². The number of aliphatic carboxylic acids is 1. The molecule has 3 N–H and O–H groups in total. The third-order valence-electron chi connectivity index (χ3n) is 5.14. The lowest BCUT2D eigenvalue weighted by atomic mass is 9.88. The first-order chi connectivity index (χ1) is 12.7. The van der Waals surface area contributed by atoms with Crippen molar-refractivity contribution in [1.29, 1.82) is 10.8 Å². The SMILES string of the molecule is CC(C)(CC(=N)N(Cc1ccc(C2CC2)c2ccccc12)C(=N)Cl)C(=O)O. The van der Waals surface area contributed by atoms with Crippen LogP contribution in [-0.4, -0.2) is 27.1 Å². The minimum Gasteiger partial charge on any atom is -0.481 e. The molecule has 0 aliphatic heterocycles. The van der Waals surface area contributed by atoms with Crippen molar-refractivity contribution in [3.63, 3.8) is 0 Å². The maximum absolute atomic E-state index is 11.4. The molecule has 27 heavy (non-hydrogen) atoms. The number of halogens is 1. The van der Waals surface area contributed by atoms with Gasteiger partial charge in [0.2, 0.25) is 0 Å². The summed E-state index contributed by atoms with van der Waals surface area (Å²) in [6.07, 6.45) is 2.43. The number of hydrogen-bond acceptors (Lipinski definition) is 3. The summed E-state index contributed by atoms with van der Waals surface area (Å²) in [5, 5.41) is 27.6. The Labute approximate surface area is 164 Å². The molecule has 0 aromatic heterocycles. The molecule has 0 unspecified atom stereocenters. The fourth-order valence-electron chi connectivity index (χ4n) is 3.32. The van der Waals surface area contributed by atoms with Crippen LogP contribution in [0.2, 0.25) is 0 Å². The van der Waals surface area contributed by atoms with E-state index < -0.39 is 11.4 Å². The van der Waals surface area contributed by atoms with Crippen molar-refractivity contribution < 1.29 is 9.90 Å². The second-order valence-corrected chi connectivity index (χ2v) is 8.18. The summed E-state index contributed by atoms with van der Waals surface area (Å²) in [5.41, 5.74) is 1.22. The minimum atomic E-state index is -1.10. The smallest absolute Gasteiger partial charge is 0.309 e. The lowest BCUT2D eigenvalue weighted by molar-refractivity contribution is -0.146. The average molecular weight is 386 g/mol. The third-order valence-corrected chi connectivity index (χ3v) is 5.35. The summed E-state index contributed by atoms with van der Waals surface area (Å²) in [5.74, 6) is -0.327. The molecular formula is C21H24ClN3O2. The largest absolute Gasteiger partial charge is 0.481 e. The number of rotatable bonds is 6. The number of amidine groups is 2. The van der Waals surface area contributed by atoms with E-state index in [9.17, 15) is 9.90 Å². The molecule has 0 saturated heterocycles. The van der Waals surface area contributed by atoms with Gasteiger partial charge in [-0.25, -0.2) is 0 Å². The fraction of sp³-hybridized carbons (Fsp3) is 0.381. The highest BCUT2D eigenvalue weighted by Gasteiger charge is 2.31. The fourth-order valence-corrected chi connectivity index (χ4v) is 3.48. The molecule has 142 valence electrons. The van der Waals surface area contributed by atoms with Crippen molar-refractivity contribution in [1.82, 2.24) is 4.90 Å². The van der Waals surface area contributed by atoms with Crippen LogP contribution in [0.15, 0.2) is 36.4 Å². The molecule has 5 nitrogen and oxygen atoms in total. The van der Waals surface area contributed by atoms with E-state index in [1.807, 2.05) is 18.2 Å². The number of carboxylic acid groups (broad SMARTS) is 1. The van der Waals surface area contributed by atoms with Crippen LogP contribution in [-0.2, 0) is 11.3 Å². The van der Waals surface area contributed by atoms with Gasteiger partial charge in [-0.3, -0.25) is 15.6 Å². The lowest BCUT2D eigenvalue weighted by Gasteiger charge is -2.28. The summed E-state index contributed by atoms with van der Waals surface area (Å²) in [6, 6.07) is 12.3. The van der Waals surface area contributed by atoms with Gasteiger partial charge in [0.25, 0.3) is 0 Å². The van der Waals surface area contributed by atoms with E-state index in [4.69, 9.17) is 22.4 Å². The van der Waals surface area contributed by atoms with Crippen LogP contribution in [0, 0.1) is 16.2 Å². The van der Waals surface area contributed by atoms with Crippen molar-refractivity contribution in [2.24, 2.45) is 5.41 Å². The highest BCUT2D eigenvalue weighted by molar-refractivity contribution is 6.64. The molecule has 1 fully saturated rings. The van der Waals surface area contributed by atoms with E-state index in [1.54, 1.807) is 13.8 Å². The molecule has 0 amide bonds. The quantitative estimate of drug-likeness (QED) is 0.364. The molecule has 0 heterocycles. The highest BCUT2D eigenvalue weighted by Crippen LogP contribution is 2.43. The van der Waals surface area contributed by atoms with Gasteiger partial charge >= 0.3 is 5.97 Å². The van der Waals surface area contributed by atoms with Crippen molar-refractivity contribution in [3.05, 3.63) is 47.5 Å². The van der Waals surface area contributed by atoms with E-state index in [0.717, 1.165) is 10.9 Å². The van der Waals surface area contributed by atoms with Crippen LogP contribution in [0.4, 0.5) is 0 Å². The minimum absolute atomic E-state index is 0.00444. The van der Waals surface area contributed by atoms with Gasteiger partial charge in [0, 0.05) is 6.42 Å². The van der Waals surface area contributed by atoms with Crippen LogP contribution in [0.1, 0.15) is 50.2 Å². The molecule has 3 rings (SSSR count). The molecule has 2 aromatic carbocycles. The van der Waals surface area contributed by atoms with Crippen molar-refractivity contribution in [2.75, 3.05) is 0 Å². The number of fused-ring (bicyclic) bond motifs is 1. The number of carbonyl (C=O) groups is 1. The lowest BCUT2D eigenvalue weighted by Crippen LogP contribution is -2.37. The Balaban J connectivity index is 1.91. The zero-order valence-electron chi connectivity index (χ0n) is 15.6. The zero-order valence-corrected chi connectivity index (χ0v) is 16.3. The summed E-state index contributed by atoms with van der Waals surface area (Å²) >= 11 is 5.96. The molecule has 2 aromatic rings. The monoisotopic (exact) mass is 385 g/mol. The van der Waals surface area contributed by atoms with Crippen LogP contribution in [0.5, 0.6) is 0 Å². The predicted molar refractivity (Wildman–Crippen MR) is 109 cm³/mol. The van der Waals surface area contributed by atoms with Crippen LogP contribution in [0.3, 0.4) is 0 Å². The first kappa shape index (κ1) is 19.4. The van der Waals surface area contributed by atoms with Gasteiger partial charge in [-0.15, -0.1) is 0 Å². The second-order valence-electron chi connectivity index (χ2n) is 7.82. The maximum Gasteiger partial charge on any atom is 0.309 e. The normalized spacial score (nSPS) is 14.2. The second kappa shape index (κ2) is 7.31. The van der Waals surface area contributed by atoms with E-state index in [1.165, 1.54) is 28.7 Å². The molecule has 1 aliphatic rings. The first-order valence-corrected chi connectivity index (χ1v) is 9.41. The average Bonchev–Trinajstić information content (AvgIpc) is 3.43. The van der Waals surface area contributed by atoms with Crippen LogP contribution >= 0.6 is 11.6 Å². The van der Waals surface area contributed by atoms with E-state index >= 15 is 0 Å². The van der Waals surface area contributed by atoms with Crippen molar-refractivity contribution >= 4 is 39.5 Å². The third kappa shape index (κ3) is 4.14. The number of benzene rings is 2. The Kier molecular flexibility index (Phi) is 5.24. The number of nitrogens with zero attached hydrogens (tertiary/aromatic N) is 1. The number of carboxylic acids is 1. The summed E-state index contributed by atoms with van der Waals surface area (Å²) < 4.78 is 0. The zero-order chi connectivity index (χ0) is 19.8. The summed E-state index contributed by atoms with van der Waals surface area (Å²) in [6.45, 7) is 3.40. The van der Waals surface area contributed by atoms with E-state index in [0.29, 0.717) is 5.92 Å². The molecule has 0 radical (unpaired) electrons. The van der Waals surface area contributed by atoms with Gasteiger partial charge in [-0.2, -0.15) is 0 Å². The molecule has 0 bridgehead atoms. The summed E-state index contributed by atoms with van der Waals surface area (Å²) in [4.78, 5) is 12.8. The Hall–Kier alpha value is -2.40. The van der Waals surface area contributed by atoms with Gasteiger partial charge in [0.15, 0.2) is 5.29 Å². The van der Waals surface area contributed by atoms with E-state index in [-0.39, 0.29) is 24.1 Å². The van der Waals surface area contributed by atoms with Crippen LogP contribution in [0.25, 0.3) is 10.8 Å². The van der Waals surface area contributed by atoms with Gasteiger partial charge in [0.1, 0.15) is 5.84 Å². The van der Waals surface area contributed by atoms with Crippen LogP contribution < -0.4 is 0 Å². The van der Waals surface area contributed by atoms with Crippen molar-refractivity contribution in [2.45, 2.75) is 45.6 Å². The molecule has 6 heteroatoms. The predicted octanol–water partition coefficient (Wildman–Crippen LogP) is 5.17. The standard InChI is InChI=1S/C21H24ClN3O2/c1-21(2,19(26)27)11-18(23)25(20(22)24)12-14-9-10-16(13-7-8-13)17-6-4-3-5-15(14)17/h3-6,9-10,13,23-24H,7-8,11-12H2,1-2H3,(H,26,27). The Morgan fingerprint density at radius 1 is 1.19 bits per heavy atom. The van der Waals surface area contributed by atoms with Gasteiger partial charge in [-0.05, 0) is 66.1 Å². The molecule has 1 saturated carbocycles. The van der Waals surface area contributed by atoms with Gasteiger partial charge < -0.3 is 10.0 Å². The Morgan fingerprint density at radius 3 is 2.37 bits per heavy atom. The number of hydrogen-bond donors (Lipinski definition) is 3. The van der Waals surface area contributed by atoms with Crippen molar-refractivity contribution in [3.8, 4) is 0 Å². The molecule has 1 aliphatic carbocycles. The van der Waals surface area contributed by atoms with E-state index in [2.05, 4.69) is 18.2 Å². The summed E-state index contributed by atoms with van der Waals surface area (Å²) in [7, 11) is 0. The molecule has 0 atom stereocenters. The molecular weight excluding hydrogens is 362 g/mol. The molecule has 0 spiro atoms. The Bertz CT molecular complexity index is 919. The van der Waals surface area contributed by atoms with Gasteiger partial charge in [-0.1, -0.05) is 36.4 Å². The maximum atomic E-state index is 11.4. The topological polar surface area (TPSA) is 88.2 Å².